The van der Waals surface area contributed by atoms with E-state index in [1.807, 2.05) is 37.3 Å². The minimum absolute atomic E-state index is 0.159. The molecule has 8 nitrogen and oxygen atoms in total. The Balaban J connectivity index is 1.49. The lowest BCUT2D eigenvalue weighted by atomic mass is 10.1. The molecule has 8 heteroatoms. The van der Waals surface area contributed by atoms with Gasteiger partial charge in [-0.05, 0) is 38.0 Å². The van der Waals surface area contributed by atoms with Crippen LogP contribution in [-0.4, -0.2) is 37.4 Å². The maximum Gasteiger partial charge on any atom is 0.258 e. The summed E-state index contributed by atoms with van der Waals surface area (Å²) < 4.78 is 6.84. The highest BCUT2D eigenvalue weighted by Crippen LogP contribution is 2.20. The number of carbonyl (C=O) groups is 1. The van der Waals surface area contributed by atoms with Crippen molar-refractivity contribution >= 4 is 5.91 Å². The molecule has 1 amide bonds. The number of aromatic nitrogens is 5. The van der Waals surface area contributed by atoms with E-state index in [-0.39, 0.29) is 5.91 Å². The second kappa shape index (κ2) is 8.05. The average molecular weight is 388 g/mol. The molecule has 0 atom stereocenters. The summed E-state index contributed by atoms with van der Waals surface area (Å²) in [5.74, 6) is 1.38. The molecule has 146 valence electrons. The van der Waals surface area contributed by atoms with Gasteiger partial charge in [-0.3, -0.25) is 4.79 Å². The van der Waals surface area contributed by atoms with Crippen molar-refractivity contribution in [3.63, 3.8) is 0 Å². The van der Waals surface area contributed by atoms with Gasteiger partial charge in [0, 0.05) is 18.3 Å². The molecule has 3 heterocycles. The smallest absolute Gasteiger partial charge is 0.258 e. The number of amides is 1. The molecule has 0 aliphatic rings. The summed E-state index contributed by atoms with van der Waals surface area (Å²) in [6, 6.07) is 13.6. The first kappa shape index (κ1) is 18.5. The molecule has 0 fully saturated rings. The molecule has 0 radical (unpaired) electrons. The summed E-state index contributed by atoms with van der Waals surface area (Å²) in [5.41, 5.74) is 3.13. The number of aryl methyl sites for hydroxylation is 1. The van der Waals surface area contributed by atoms with Crippen LogP contribution in [0.25, 0.3) is 17.3 Å². The Morgan fingerprint density at radius 2 is 2.00 bits per heavy atom. The summed E-state index contributed by atoms with van der Waals surface area (Å²) in [6.45, 7) is 4.15. The summed E-state index contributed by atoms with van der Waals surface area (Å²) in [7, 11) is 0. The monoisotopic (exact) mass is 388 g/mol. The Bertz CT molecular complexity index is 1130. The van der Waals surface area contributed by atoms with Crippen LogP contribution in [-0.2, 0) is 6.42 Å². The van der Waals surface area contributed by atoms with Crippen molar-refractivity contribution in [1.29, 1.82) is 0 Å². The van der Waals surface area contributed by atoms with Gasteiger partial charge < -0.3 is 9.84 Å². The van der Waals surface area contributed by atoms with Crippen LogP contribution in [0, 0.1) is 13.8 Å². The molecule has 1 aromatic carbocycles. The number of carbonyl (C=O) groups excluding carboxylic acids is 1. The predicted octanol–water partition coefficient (Wildman–Crippen LogP) is 2.91. The third-order valence-electron chi connectivity index (χ3n) is 4.53. The minimum Gasteiger partial charge on any atom is -0.352 e. The highest BCUT2D eigenvalue weighted by atomic mass is 16.5. The van der Waals surface area contributed by atoms with E-state index in [4.69, 9.17) is 4.52 Å². The van der Waals surface area contributed by atoms with Crippen molar-refractivity contribution in [1.82, 2.24) is 30.2 Å². The van der Waals surface area contributed by atoms with E-state index in [0.29, 0.717) is 35.3 Å². The van der Waals surface area contributed by atoms with Gasteiger partial charge in [-0.1, -0.05) is 35.5 Å². The number of nitrogens with one attached hydrogen (secondary N) is 1. The zero-order valence-corrected chi connectivity index (χ0v) is 16.2. The first-order chi connectivity index (χ1) is 14.1. The molecule has 0 aliphatic carbocycles. The number of rotatable bonds is 6. The Hall–Kier alpha value is -3.81. The molecule has 0 aliphatic heterocycles. The van der Waals surface area contributed by atoms with Crippen molar-refractivity contribution in [2.45, 2.75) is 20.3 Å². The van der Waals surface area contributed by atoms with Crippen LogP contribution in [0.3, 0.4) is 0 Å². The van der Waals surface area contributed by atoms with Gasteiger partial charge in [0.15, 0.2) is 11.6 Å². The molecule has 0 bridgehead atoms. The van der Waals surface area contributed by atoms with Gasteiger partial charge in [-0.2, -0.15) is 10.1 Å². The third-order valence-corrected chi connectivity index (χ3v) is 4.53. The van der Waals surface area contributed by atoms with Gasteiger partial charge in [0.25, 0.3) is 11.8 Å². The fraction of sp³-hybridized carbons (Fsp3) is 0.190. The van der Waals surface area contributed by atoms with Gasteiger partial charge in [-0.15, -0.1) is 0 Å². The Kier molecular flexibility index (Phi) is 5.15. The molecule has 1 N–H and O–H groups in total. The zero-order chi connectivity index (χ0) is 20.2. The first-order valence-corrected chi connectivity index (χ1v) is 9.25. The molecular weight excluding hydrogens is 368 g/mol. The molecule has 4 aromatic rings. The van der Waals surface area contributed by atoms with Crippen LogP contribution in [0.5, 0.6) is 0 Å². The summed E-state index contributed by atoms with van der Waals surface area (Å²) >= 11 is 0. The fourth-order valence-electron chi connectivity index (χ4n) is 3.01. The highest BCUT2D eigenvalue weighted by Gasteiger charge is 2.16. The van der Waals surface area contributed by atoms with Crippen molar-refractivity contribution in [2.24, 2.45) is 0 Å². The third kappa shape index (κ3) is 4.06. The Labute approximate surface area is 167 Å². The standard InChI is InChI=1S/C21H20N6O2/c1-14-18(20(28)23-10-8-16-6-4-3-5-7-16)13-24-27(14)19-12-17(9-11-22-19)21-25-15(2)26-29-21/h3-7,9,11-13H,8,10H2,1-2H3,(H,23,28). The van der Waals surface area contributed by atoms with E-state index in [2.05, 4.69) is 25.5 Å². The highest BCUT2D eigenvalue weighted by molar-refractivity contribution is 5.95. The molecule has 0 saturated carbocycles. The van der Waals surface area contributed by atoms with Crippen LogP contribution in [0.15, 0.2) is 59.4 Å². The summed E-state index contributed by atoms with van der Waals surface area (Å²) in [5, 5.41) is 11.1. The van der Waals surface area contributed by atoms with E-state index in [0.717, 1.165) is 12.0 Å². The van der Waals surface area contributed by atoms with E-state index >= 15 is 0 Å². The van der Waals surface area contributed by atoms with E-state index < -0.39 is 0 Å². The van der Waals surface area contributed by atoms with Crippen LogP contribution >= 0.6 is 0 Å². The second-order valence-electron chi connectivity index (χ2n) is 6.60. The van der Waals surface area contributed by atoms with Crippen molar-refractivity contribution in [3.05, 3.63) is 77.5 Å². The van der Waals surface area contributed by atoms with Crippen LogP contribution in [0.2, 0.25) is 0 Å². The predicted molar refractivity (Wildman–Crippen MR) is 107 cm³/mol. The summed E-state index contributed by atoms with van der Waals surface area (Å²) in [4.78, 5) is 21.2. The lowest BCUT2D eigenvalue weighted by Gasteiger charge is -2.07. The van der Waals surface area contributed by atoms with Crippen molar-refractivity contribution in [2.75, 3.05) is 6.54 Å². The number of hydrogen-bond acceptors (Lipinski definition) is 6. The normalized spacial score (nSPS) is 10.8. The largest absolute Gasteiger partial charge is 0.352 e. The van der Waals surface area contributed by atoms with Gasteiger partial charge in [-0.25, -0.2) is 9.67 Å². The lowest BCUT2D eigenvalue weighted by Crippen LogP contribution is -2.26. The fourth-order valence-corrected chi connectivity index (χ4v) is 3.01. The zero-order valence-electron chi connectivity index (χ0n) is 16.2. The topological polar surface area (TPSA) is 98.7 Å². The van der Waals surface area contributed by atoms with Gasteiger partial charge in [0.05, 0.1) is 17.5 Å². The molecule has 0 saturated heterocycles. The number of nitrogens with zero attached hydrogens (tertiary/aromatic N) is 5. The quantitative estimate of drug-likeness (QED) is 0.545. The summed E-state index contributed by atoms with van der Waals surface area (Å²) in [6.07, 6.45) is 3.97. The Morgan fingerprint density at radius 1 is 1.17 bits per heavy atom. The number of hydrogen-bond donors (Lipinski definition) is 1. The van der Waals surface area contributed by atoms with Crippen molar-refractivity contribution < 1.29 is 9.32 Å². The maximum atomic E-state index is 12.6. The van der Waals surface area contributed by atoms with Gasteiger partial charge in [0.1, 0.15) is 0 Å². The van der Waals surface area contributed by atoms with Crippen LogP contribution < -0.4 is 5.32 Å². The van der Waals surface area contributed by atoms with Crippen molar-refractivity contribution in [3.8, 4) is 17.3 Å². The molecule has 0 unspecified atom stereocenters. The van der Waals surface area contributed by atoms with E-state index in [1.165, 1.54) is 5.56 Å². The van der Waals surface area contributed by atoms with Crippen LogP contribution in [0.4, 0.5) is 0 Å². The Morgan fingerprint density at radius 3 is 2.76 bits per heavy atom. The molecule has 4 rings (SSSR count). The average Bonchev–Trinajstić information content (AvgIpc) is 3.34. The van der Waals surface area contributed by atoms with Gasteiger partial charge >= 0.3 is 0 Å². The first-order valence-electron chi connectivity index (χ1n) is 9.25. The number of benzene rings is 1. The van der Waals surface area contributed by atoms with Crippen LogP contribution in [0.1, 0.15) is 27.4 Å². The van der Waals surface area contributed by atoms with E-state index in [9.17, 15) is 4.79 Å². The SMILES string of the molecule is Cc1noc(-c2ccnc(-n3ncc(C(=O)NCCc4ccccc4)c3C)c2)n1. The molecule has 29 heavy (non-hydrogen) atoms. The molecule has 0 spiro atoms. The van der Waals surface area contributed by atoms with E-state index in [1.54, 1.807) is 36.1 Å². The minimum atomic E-state index is -0.159. The number of pyridine rings is 1. The lowest BCUT2D eigenvalue weighted by molar-refractivity contribution is 0.0953. The second-order valence-corrected chi connectivity index (χ2v) is 6.60. The maximum absolute atomic E-state index is 12.6. The molecule has 3 aromatic heterocycles. The molecular formula is C21H20N6O2. The van der Waals surface area contributed by atoms with Gasteiger partial charge in [0.2, 0.25) is 0 Å².